The molecule has 0 bridgehead atoms. The fourth-order valence-electron chi connectivity index (χ4n) is 2.61. The number of furan rings is 1. The highest BCUT2D eigenvalue weighted by atomic mass is 32.2. The number of sulfonamides is 1. The van der Waals surface area contributed by atoms with Crippen molar-refractivity contribution in [1.29, 1.82) is 0 Å². The number of primary sulfonamides is 1. The number of ether oxygens (including phenoxy) is 1. The van der Waals surface area contributed by atoms with Gasteiger partial charge >= 0.3 is 5.97 Å². The SMILES string of the molecule is NS(=O)(=O)c1ccc(C(=O)OCC(=O)c2ccc3c(c2)CCC3)o1. The lowest BCUT2D eigenvalue weighted by molar-refractivity contribution is 0.0438. The van der Waals surface area contributed by atoms with E-state index in [1.54, 1.807) is 6.07 Å². The summed E-state index contributed by atoms with van der Waals surface area (Å²) in [6.45, 7) is -0.455. The summed E-state index contributed by atoms with van der Waals surface area (Å²) >= 11 is 0. The average molecular weight is 349 g/mol. The Morgan fingerprint density at radius 2 is 1.88 bits per heavy atom. The number of rotatable bonds is 5. The monoisotopic (exact) mass is 349 g/mol. The van der Waals surface area contributed by atoms with Gasteiger partial charge in [0.2, 0.25) is 10.9 Å². The molecule has 0 saturated carbocycles. The molecule has 1 aliphatic carbocycles. The molecule has 8 heteroatoms. The van der Waals surface area contributed by atoms with E-state index in [2.05, 4.69) is 0 Å². The summed E-state index contributed by atoms with van der Waals surface area (Å²) in [4.78, 5) is 23.9. The highest BCUT2D eigenvalue weighted by molar-refractivity contribution is 7.89. The van der Waals surface area contributed by atoms with Crippen LogP contribution in [-0.2, 0) is 27.6 Å². The number of benzene rings is 1. The molecule has 0 amide bonds. The molecule has 1 aliphatic rings. The third kappa shape index (κ3) is 3.39. The van der Waals surface area contributed by atoms with Gasteiger partial charge in [0, 0.05) is 5.56 Å². The Bertz CT molecular complexity index is 912. The van der Waals surface area contributed by atoms with Crippen LogP contribution in [0, 0.1) is 0 Å². The predicted molar refractivity (Wildman–Crippen MR) is 83.2 cm³/mol. The summed E-state index contributed by atoms with van der Waals surface area (Å²) in [6.07, 6.45) is 3.04. The average Bonchev–Trinajstić information content (AvgIpc) is 3.19. The number of carbonyl (C=O) groups is 2. The minimum atomic E-state index is -4.04. The zero-order valence-corrected chi connectivity index (χ0v) is 13.5. The first kappa shape index (κ1) is 16.4. The fourth-order valence-corrected chi connectivity index (χ4v) is 3.08. The van der Waals surface area contributed by atoms with E-state index in [4.69, 9.17) is 14.3 Å². The minimum absolute atomic E-state index is 0.333. The van der Waals surface area contributed by atoms with Crippen LogP contribution in [0.5, 0.6) is 0 Å². The van der Waals surface area contributed by atoms with Crippen molar-refractivity contribution in [1.82, 2.24) is 0 Å². The van der Waals surface area contributed by atoms with Crippen LogP contribution in [0.2, 0.25) is 0 Å². The Kier molecular flexibility index (Phi) is 4.25. The van der Waals surface area contributed by atoms with Crippen molar-refractivity contribution in [2.24, 2.45) is 5.14 Å². The van der Waals surface area contributed by atoms with Crippen LogP contribution < -0.4 is 5.14 Å². The molecule has 3 rings (SSSR count). The second kappa shape index (κ2) is 6.21. The molecule has 0 radical (unpaired) electrons. The van der Waals surface area contributed by atoms with Gasteiger partial charge in [0.25, 0.3) is 10.0 Å². The number of ketones is 1. The topological polar surface area (TPSA) is 117 Å². The van der Waals surface area contributed by atoms with E-state index in [1.807, 2.05) is 12.1 Å². The number of esters is 1. The first-order valence-electron chi connectivity index (χ1n) is 7.29. The molecule has 7 nitrogen and oxygen atoms in total. The van der Waals surface area contributed by atoms with E-state index in [0.29, 0.717) is 5.56 Å². The molecule has 1 aromatic carbocycles. The molecule has 24 heavy (non-hydrogen) atoms. The van der Waals surface area contributed by atoms with E-state index in [1.165, 1.54) is 5.56 Å². The number of hydrogen-bond donors (Lipinski definition) is 1. The molecular formula is C16H15NO6S. The van der Waals surface area contributed by atoms with Gasteiger partial charge < -0.3 is 9.15 Å². The Hall–Kier alpha value is -2.45. The molecule has 126 valence electrons. The third-order valence-corrected chi connectivity index (χ3v) is 4.60. The first-order chi connectivity index (χ1) is 11.3. The first-order valence-corrected chi connectivity index (χ1v) is 8.84. The second-order valence-corrected chi connectivity index (χ2v) is 6.99. The molecule has 0 spiro atoms. The Labute approximate surface area is 138 Å². The second-order valence-electron chi connectivity index (χ2n) is 5.50. The predicted octanol–water partition coefficient (Wildman–Crippen LogP) is 1.46. The van der Waals surface area contributed by atoms with Crippen molar-refractivity contribution >= 4 is 21.8 Å². The zero-order chi connectivity index (χ0) is 17.3. The highest BCUT2D eigenvalue weighted by Gasteiger charge is 2.20. The van der Waals surface area contributed by atoms with Gasteiger partial charge in [-0.05, 0) is 48.6 Å². The lowest BCUT2D eigenvalue weighted by Gasteiger charge is -2.05. The van der Waals surface area contributed by atoms with Gasteiger partial charge in [0.05, 0.1) is 0 Å². The van der Waals surface area contributed by atoms with Crippen LogP contribution in [0.25, 0.3) is 0 Å². The summed E-state index contributed by atoms with van der Waals surface area (Å²) in [7, 11) is -4.04. The number of nitrogens with two attached hydrogens (primary N) is 1. The van der Waals surface area contributed by atoms with E-state index in [0.717, 1.165) is 37.0 Å². The molecule has 2 aromatic rings. The van der Waals surface area contributed by atoms with Crippen LogP contribution >= 0.6 is 0 Å². The summed E-state index contributed by atoms with van der Waals surface area (Å²) in [6, 6.07) is 7.63. The van der Waals surface area contributed by atoms with Crippen molar-refractivity contribution in [3.63, 3.8) is 0 Å². The van der Waals surface area contributed by atoms with Crippen molar-refractivity contribution in [2.75, 3.05) is 6.61 Å². The molecule has 0 saturated heterocycles. The van der Waals surface area contributed by atoms with E-state index in [9.17, 15) is 18.0 Å². The van der Waals surface area contributed by atoms with Gasteiger partial charge in [-0.25, -0.2) is 18.4 Å². The number of carbonyl (C=O) groups excluding carboxylic acids is 2. The van der Waals surface area contributed by atoms with Crippen molar-refractivity contribution in [2.45, 2.75) is 24.4 Å². The highest BCUT2D eigenvalue weighted by Crippen LogP contribution is 2.23. The van der Waals surface area contributed by atoms with Crippen LogP contribution in [0.1, 0.15) is 38.5 Å². The van der Waals surface area contributed by atoms with E-state index < -0.39 is 27.7 Å². The zero-order valence-electron chi connectivity index (χ0n) is 12.7. The van der Waals surface area contributed by atoms with Gasteiger partial charge in [-0.3, -0.25) is 4.79 Å². The van der Waals surface area contributed by atoms with Crippen LogP contribution in [0.3, 0.4) is 0 Å². The number of hydrogen-bond acceptors (Lipinski definition) is 6. The quantitative estimate of drug-likeness (QED) is 0.645. The number of fused-ring (bicyclic) bond motifs is 1. The molecule has 0 unspecified atom stereocenters. The normalized spacial score (nSPS) is 13.5. The minimum Gasteiger partial charge on any atom is -0.451 e. The Balaban J connectivity index is 1.64. The standard InChI is InChI=1S/C16H15NO6S/c17-24(20,21)15-7-6-14(23-15)16(19)22-9-13(18)12-5-4-10-2-1-3-11(10)8-12/h4-8H,1-3,9H2,(H2,17,20,21). The van der Waals surface area contributed by atoms with Gasteiger partial charge in [-0.1, -0.05) is 12.1 Å². The molecule has 1 aromatic heterocycles. The van der Waals surface area contributed by atoms with Gasteiger partial charge in [0.15, 0.2) is 12.4 Å². The lowest BCUT2D eigenvalue weighted by Crippen LogP contribution is -2.14. The van der Waals surface area contributed by atoms with Crippen molar-refractivity contribution in [3.8, 4) is 0 Å². The summed E-state index contributed by atoms with van der Waals surface area (Å²) < 4.78 is 31.9. The van der Waals surface area contributed by atoms with Crippen molar-refractivity contribution in [3.05, 3.63) is 52.8 Å². The number of aryl methyl sites for hydroxylation is 2. The van der Waals surface area contributed by atoms with Crippen LogP contribution in [0.15, 0.2) is 39.8 Å². The maximum Gasteiger partial charge on any atom is 0.374 e. The van der Waals surface area contributed by atoms with Gasteiger partial charge in [0.1, 0.15) is 0 Å². The van der Waals surface area contributed by atoms with E-state index >= 15 is 0 Å². The number of Topliss-reactive ketones (excluding diaryl/α,β-unsaturated/α-hetero) is 1. The molecule has 2 N–H and O–H groups in total. The maximum atomic E-state index is 12.1. The lowest BCUT2D eigenvalue weighted by atomic mass is 10.0. The molecular weight excluding hydrogens is 334 g/mol. The Morgan fingerprint density at radius 1 is 1.12 bits per heavy atom. The molecule has 0 atom stereocenters. The summed E-state index contributed by atoms with van der Waals surface area (Å²) in [5.41, 5.74) is 2.87. The Morgan fingerprint density at radius 3 is 2.58 bits per heavy atom. The van der Waals surface area contributed by atoms with Crippen LogP contribution in [0.4, 0.5) is 0 Å². The largest absolute Gasteiger partial charge is 0.451 e. The van der Waals surface area contributed by atoms with Gasteiger partial charge in [-0.15, -0.1) is 0 Å². The molecule has 0 aliphatic heterocycles. The van der Waals surface area contributed by atoms with Crippen LogP contribution in [-0.4, -0.2) is 26.8 Å². The van der Waals surface area contributed by atoms with E-state index in [-0.39, 0.29) is 11.5 Å². The summed E-state index contributed by atoms with van der Waals surface area (Å²) in [5.74, 6) is -1.60. The maximum absolute atomic E-state index is 12.1. The molecule has 1 heterocycles. The fraction of sp³-hybridized carbons (Fsp3) is 0.250. The van der Waals surface area contributed by atoms with Crippen molar-refractivity contribution < 1.29 is 27.2 Å². The van der Waals surface area contributed by atoms with Gasteiger partial charge in [-0.2, -0.15) is 0 Å². The molecule has 0 fully saturated rings. The third-order valence-electron chi connectivity index (χ3n) is 3.82. The smallest absolute Gasteiger partial charge is 0.374 e. The summed E-state index contributed by atoms with van der Waals surface area (Å²) in [5, 5.41) is 4.34.